The van der Waals surface area contributed by atoms with Crippen LogP contribution in [0.15, 0.2) is 18.2 Å². The summed E-state index contributed by atoms with van der Waals surface area (Å²) >= 11 is 0. The summed E-state index contributed by atoms with van der Waals surface area (Å²) in [5.41, 5.74) is 0.779. The number of nitrogens with zero attached hydrogens (tertiary/aromatic N) is 1. The van der Waals surface area contributed by atoms with Gasteiger partial charge in [-0.2, -0.15) is 0 Å². The molecule has 1 atom stereocenters. The monoisotopic (exact) mass is 293 g/mol. The molecule has 0 radical (unpaired) electrons. The van der Waals surface area contributed by atoms with Gasteiger partial charge in [0.25, 0.3) is 0 Å². The number of aliphatic carboxylic acids is 1. The topological polar surface area (TPSA) is 59.0 Å². The van der Waals surface area contributed by atoms with Crippen LogP contribution < -0.4 is 9.47 Å². The predicted molar refractivity (Wildman–Crippen MR) is 79.9 cm³/mol. The van der Waals surface area contributed by atoms with E-state index in [1.54, 1.807) is 0 Å². The Bertz CT molecular complexity index is 521. The fourth-order valence-electron chi connectivity index (χ4n) is 2.60. The van der Waals surface area contributed by atoms with Crippen LogP contribution in [0.5, 0.6) is 11.5 Å². The molecule has 0 fully saturated rings. The minimum atomic E-state index is -0.825. The Hall–Kier alpha value is -1.75. The molecule has 0 saturated carbocycles. The van der Waals surface area contributed by atoms with Crippen LogP contribution in [-0.2, 0) is 4.79 Å². The molecular formula is C16H23NO4. The van der Waals surface area contributed by atoms with Crippen molar-refractivity contribution in [3.8, 4) is 11.5 Å². The Balaban J connectivity index is 2.27. The normalized spacial score (nSPS) is 15.9. The summed E-state index contributed by atoms with van der Waals surface area (Å²) in [6.45, 7) is 9.18. The van der Waals surface area contributed by atoms with E-state index in [9.17, 15) is 4.79 Å². The number of benzene rings is 1. The van der Waals surface area contributed by atoms with Gasteiger partial charge in [-0.15, -0.1) is 0 Å². The van der Waals surface area contributed by atoms with Crippen molar-refractivity contribution in [3.63, 3.8) is 0 Å². The quantitative estimate of drug-likeness (QED) is 0.925. The Labute approximate surface area is 125 Å². The standard InChI is InChI=1S/C16H23NO4/c1-11(17(10-15(18)19)16(2,3)4)12-5-6-13-14(9-12)21-8-7-20-13/h5-6,9,11H,7-8,10H2,1-4H3,(H,18,19). The average Bonchev–Trinajstić information content (AvgIpc) is 2.42. The number of hydrogen-bond donors (Lipinski definition) is 1. The van der Waals surface area contributed by atoms with Crippen molar-refractivity contribution in [2.75, 3.05) is 19.8 Å². The summed E-state index contributed by atoms with van der Waals surface area (Å²) in [4.78, 5) is 13.1. The summed E-state index contributed by atoms with van der Waals surface area (Å²) < 4.78 is 11.1. The Morgan fingerprint density at radius 3 is 2.48 bits per heavy atom. The van der Waals surface area contributed by atoms with E-state index >= 15 is 0 Å². The van der Waals surface area contributed by atoms with E-state index in [1.807, 2.05) is 50.8 Å². The molecule has 1 aromatic rings. The van der Waals surface area contributed by atoms with Gasteiger partial charge in [-0.3, -0.25) is 9.69 Å². The van der Waals surface area contributed by atoms with E-state index in [2.05, 4.69) is 0 Å². The van der Waals surface area contributed by atoms with E-state index in [-0.39, 0.29) is 18.1 Å². The molecule has 1 heterocycles. The summed E-state index contributed by atoms with van der Waals surface area (Å²) in [5, 5.41) is 9.15. The first-order valence-corrected chi connectivity index (χ1v) is 7.17. The van der Waals surface area contributed by atoms with Crippen molar-refractivity contribution in [2.45, 2.75) is 39.3 Å². The molecule has 0 aromatic heterocycles. The summed E-state index contributed by atoms with van der Waals surface area (Å²) in [6, 6.07) is 5.78. The van der Waals surface area contributed by atoms with Crippen molar-refractivity contribution in [1.29, 1.82) is 0 Å². The van der Waals surface area contributed by atoms with Gasteiger partial charge in [-0.1, -0.05) is 6.07 Å². The minimum absolute atomic E-state index is 0.000884. The smallest absolute Gasteiger partial charge is 0.317 e. The van der Waals surface area contributed by atoms with Gasteiger partial charge in [0.05, 0.1) is 6.54 Å². The van der Waals surface area contributed by atoms with E-state index in [4.69, 9.17) is 14.6 Å². The second kappa shape index (κ2) is 5.93. The van der Waals surface area contributed by atoms with Gasteiger partial charge in [0.15, 0.2) is 11.5 Å². The Morgan fingerprint density at radius 2 is 1.90 bits per heavy atom. The minimum Gasteiger partial charge on any atom is -0.486 e. The maximum Gasteiger partial charge on any atom is 0.317 e. The highest BCUT2D eigenvalue weighted by Gasteiger charge is 2.29. The van der Waals surface area contributed by atoms with Crippen LogP contribution in [0, 0.1) is 0 Å². The molecule has 0 bridgehead atoms. The van der Waals surface area contributed by atoms with Gasteiger partial charge in [-0.25, -0.2) is 0 Å². The van der Waals surface area contributed by atoms with Gasteiger partial charge in [-0.05, 0) is 45.4 Å². The molecule has 5 heteroatoms. The molecule has 0 saturated heterocycles. The van der Waals surface area contributed by atoms with Crippen molar-refractivity contribution < 1.29 is 19.4 Å². The van der Waals surface area contributed by atoms with Crippen LogP contribution in [0.1, 0.15) is 39.3 Å². The van der Waals surface area contributed by atoms with Crippen molar-refractivity contribution >= 4 is 5.97 Å². The Morgan fingerprint density at radius 1 is 1.29 bits per heavy atom. The number of ether oxygens (including phenoxy) is 2. The summed E-state index contributed by atoms with van der Waals surface area (Å²) in [7, 11) is 0. The lowest BCUT2D eigenvalue weighted by Gasteiger charge is -2.39. The largest absolute Gasteiger partial charge is 0.486 e. The zero-order chi connectivity index (χ0) is 15.6. The molecule has 2 rings (SSSR count). The van der Waals surface area contributed by atoms with Crippen molar-refractivity contribution in [2.24, 2.45) is 0 Å². The number of rotatable bonds is 4. The number of fused-ring (bicyclic) bond motifs is 1. The lowest BCUT2D eigenvalue weighted by molar-refractivity contribution is -0.140. The lowest BCUT2D eigenvalue weighted by Crippen LogP contribution is -2.45. The maximum atomic E-state index is 11.1. The SMILES string of the molecule is CC(c1ccc2c(c1)OCCO2)N(CC(=O)O)C(C)(C)C. The van der Waals surface area contributed by atoms with Gasteiger partial charge < -0.3 is 14.6 Å². The van der Waals surface area contributed by atoms with Gasteiger partial charge in [0.1, 0.15) is 13.2 Å². The zero-order valence-electron chi connectivity index (χ0n) is 13.0. The second-order valence-electron chi connectivity index (χ2n) is 6.27. The summed E-state index contributed by atoms with van der Waals surface area (Å²) in [6.07, 6.45) is 0. The molecule has 0 spiro atoms. The molecule has 1 unspecified atom stereocenters. The van der Waals surface area contributed by atoms with Crippen molar-refractivity contribution in [3.05, 3.63) is 23.8 Å². The second-order valence-corrected chi connectivity index (χ2v) is 6.27. The number of carboxylic acids is 1. The third-order valence-electron chi connectivity index (χ3n) is 3.68. The van der Waals surface area contributed by atoms with Gasteiger partial charge >= 0.3 is 5.97 Å². The third-order valence-corrected chi connectivity index (χ3v) is 3.68. The first-order chi connectivity index (χ1) is 9.79. The fourth-order valence-corrected chi connectivity index (χ4v) is 2.60. The molecule has 0 aliphatic carbocycles. The van der Waals surface area contributed by atoms with Crippen LogP contribution in [0.4, 0.5) is 0 Å². The van der Waals surface area contributed by atoms with Crippen LogP contribution >= 0.6 is 0 Å². The fraction of sp³-hybridized carbons (Fsp3) is 0.562. The first kappa shape index (κ1) is 15.6. The van der Waals surface area contributed by atoms with E-state index in [0.717, 1.165) is 17.1 Å². The first-order valence-electron chi connectivity index (χ1n) is 7.17. The molecule has 116 valence electrons. The molecule has 21 heavy (non-hydrogen) atoms. The van der Waals surface area contributed by atoms with Gasteiger partial charge in [0, 0.05) is 11.6 Å². The summed E-state index contributed by atoms with van der Waals surface area (Å²) in [5.74, 6) is 0.654. The highest BCUT2D eigenvalue weighted by Crippen LogP contribution is 2.35. The highest BCUT2D eigenvalue weighted by molar-refractivity contribution is 5.69. The molecule has 5 nitrogen and oxygen atoms in total. The highest BCUT2D eigenvalue weighted by atomic mass is 16.6. The van der Waals surface area contributed by atoms with E-state index in [0.29, 0.717) is 13.2 Å². The van der Waals surface area contributed by atoms with E-state index in [1.165, 1.54) is 0 Å². The molecular weight excluding hydrogens is 270 g/mol. The third kappa shape index (κ3) is 3.67. The van der Waals surface area contributed by atoms with Crippen LogP contribution in [0.3, 0.4) is 0 Å². The van der Waals surface area contributed by atoms with Gasteiger partial charge in [0.2, 0.25) is 0 Å². The lowest BCUT2D eigenvalue weighted by atomic mass is 9.98. The van der Waals surface area contributed by atoms with E-state index < -0.39 is 5.97 Å². The Kier molecular flexibility index (Phi) is 4.42. The van der Waals surface area contributed by atoms with Crippen LogP contribution in [0.25, 0.3) is 0 Å². The number of carbonyl (C=O) groups is 1. The number of hydrogen-bond acceptors (Lipinski definition) is 4. The maximum absolute atomic E-state index is 11.1. The molecule has 1 aromatic carbocycles. The molecule has 1 N–H and O–H groups in total. The average molecular weight is 293 g/mol. The van der Waals surface area contributed by atoms with Crippen LogP contribution in [-0.4, -0.2) is 41.3 Å². The number of carboxylic acid groups (broad SMARTS) is 1. The molecule has 0 amide bonds. The van der Waals surface area contributed by atoms with Crippen molar-refractivity contribution in [1.82, 2.24) is 4.90 Å². The molecule has 1 aliphatic heterocycles. The van der Waals surface area contributed by atoms with Crippen LogP contribution in [0.2, 0.25) is 0 Å². The molecule has 1 aliphatic rings. The zero-order valence-corrected chi connectivity index (χ0v) is 13.0. The predicted octanol–water partition coefficient (Wildman–Crippen LogP) is 2.70.